The Hall–Kier alpha value is -2.11. The largest absolute Gasteiger partial charge is 0.478 e. The van der Waals surface area contributed by atoms with Gasteiger partial charge in [-0.2, -0.15) is 0 Å². The van der Waals surface area contributed by atoms with Crippen molar-refractivity contribution in [2.45, 2.75) is 33.1 Å². The molecule has 13 nitrogen and oxygen atoms in total. The number of morpholine rings is 2. The third-order valence-corrected chi connectivity index (χ3v) is 5.32. The van der Waals surface area contributed by atoms with Gasteiger partial charge < -0.3 is 33.9 Å². The number of carboxylic acid groups (broad SMARTS) is 1. The van der Waals surface area contributed by atoms with Crippen LogP contribution in [-0.2, 0) is 42.9 Å². The van der Waals surface area contributed by atoms with Crippen LogP contribution >= 0.6 is 24.0 Å². The van der Waals surface area contributed by atoms with Crippen LogP contribution in [-0.4, -0.2) is 137 Å². The number of halogens is 1. The number of hydrogen-bond acceptors (Lipinski definition) is 12. The van der Waals surface area contributed by atoms with Crippen molar-refractivity contribution in [1.82, 2.24) is 9.80 Å². The summed E-state index contributed by atoms with van der Waals surface area (Å²) in [4.78, 5) is 46.5. The Morgan fingerprint density at radius 2 is 1.12 bits per heavy atom. The molecule has 14 heteroatoms. The fourth-order valence-corrected chi connectivity index (χ4v) is 3.17. The zero-order chi connectivity index (χ0) is 29.1. The minimum absolute atomic E-state index is 0. The summed E-state index contributed by atoms with van der Waals surface area (Å²) in [5.74, 6) is -2.92. The van der Waals surface area contributed by atoms with E-state index >= 15 is 0 Å². The Morgan fingerprint density at radius 3 is 1.54 bits per heavy atom. The van der Waals surface area contributed by atoms with Gasteiger partial charge in [0.05, 0.1) is 47.3 Å². The lowest BCUT2D eigenvalue weighted by Crippen LogP contribution is -2.36. The fourth-order valence-electron chi connectivity index (χ4n) is 3.17. The molecule has 0 aromatic heterocycles. The van der Waals surface area contributed by atoms with Gasteiger partial charge in [-0.1, -0.05) is 7.43 Å². The summed E-state index contributed by atoms with van der Waals surface area (Å²) in [6, 6.07) is 0. The van der Waals surface area contributed by atoms with E-state index in [-0.39, 0.29) is 31.4 Å². The van der Waals surface area contributed by atoms with Gasteiger partial charge >= 0.3 is 23.9 Å². The highest BCUT2D eigenvalue weighted by molar-refractivity contribution is 14.0. The molecule has 2 saturated heterocycles. The quantitative estimate of drug-likeness (QED) is 0.0935. The number of rotatable bonds is 13. The van der Waals surface area contributed by atoms with E-state index in [1.807, 2.05) is 0 Å². The second kappa shape index (κ2) is 30.8. The normalized spacial score (nSPS) is 15.2. The third kappa shape index (κ3) is 29.2. The van der Waals surface area contributed by atoms with Crippen molar-refractivity contribution in [3.8, 4) is 0 Å². The monoisotopic (exact) mass is 704 g/mol. The number of carbonyl (C=O) groups is 4. The number of hydrogen-bond donors (Lipinski definition) is 2. The number of carboxylic acids is 1. The van der Waals surface area contributed by atoms with Crippen molar-refractivity contribution in [1.29, 1.82) is 0 Å². The number of esters is 3. The van der Waals surface area contributed by atoms with E-state index in [2.05, 4.69) is 19.3 Å². The van der Waals surface area contributed by atoms with Crippen LogP contribution in [0.2, 0.25) is 0 Å². The first-order chi connectivity index (χ1) is 18.8. The van der Waals surface area contributed by atoms with Crippen molar-refractivity contribution < 1.29 is 53.1 Å². The van der Waals surface area contributed by atoms with E-state index < -0.39 is 23.9 Å². The Labute approximate surface area is 260 Å². The number of nitrogens with zero attached hydrogens (tertiary/aromatic N) is 2. The maximum Gasteiger partial charge on any atom is 0.331 e. The standard InChI is InChI=1S/C13H21NO5.C8H17NO2.C5H6O4.CH4.HI/c1-17-12(15)4-5-13(16)19-9-3-2-6-14-7-10-18-11-8-14;10-6-2-1-3-9-4-7-11-8-5-9;1-9-5(8)3-2-4(6)7;;/h4-5H,2-3,6-11H2,1H3;10H,1-8H2;2-3H,1H3,(H,6,7);1H4;1H/b5-4+;;3-2+;;. The van der Waals surface area contributed by atoms with Crippen molar-refractivity contribution in [2.75, 3.05) is 93.1 Å². The van der Waals surface area contributed by atoms with Gasteiger partial charge in [-0.05, 0) is 38.8 Å². The first kappa shape index (κ1) is 43.3. The summed E-state index contributed by atoms with van der Waals surface area (Å²) in [5, 5.41) is 16.5. The molecule has 0 aromatic rings. The van der Waals surface area contributed by atoms with Crippen molar-refractivity contribution in [3.05, 3.63) is 24.3 Å². The summed E-state index contributed by atoms with van der Waals surface area (Å²) in [6.07, 6.45) is 7.51. The molecule has 240 valence electrons. The van der Waals surface area contributed by atoms with Gasteiger partial charge in [-0.15, -0.1) is 24.0 Å². The molecule has 0 unspecified atom stereocenters. The summed E-state index contributed by atoms with van der Waals surface area (Å²) < 4.78 is 23.9. The highest BCUT2D eigenvalue weighted by Gasteiger charge is 2.10. The average molecular weight is 705 g/mol. The van der Waals surface area contributed by atoms with Crippen LogP contribution in [0.15, 0.2) is 24.3 Å². The summed E-state index contributed by atoms with van der Waals surface area (Å²) >= 11 is 0. The topological polar surface area (TPSA) is 161 Å². The first-order valence-electron chi connectivity index (χ1n) is 12.9. The van der Waals surface area contributed by atoms with E-state index in [0.29, 0.717) is 19.3 Å². The van der Waals surface area contributed by atoms with Gasteiger partial charge in [0.1, 0.15) is 0 Å². The highest BCUT2D eigenvalue weighted by Crippen LogP contribution is 2.01. The molecule has 2 aliphatic rings. The second-order valence-corrected chi connectivity index (χ2v) is 8.26. The first-order valence-corrected chi connectivity index (χ1v) is 12.9. The highest BCUT2D eigenvalue weighted by atomic mass is 127. The van der Waals surface area contributed by atoms with Gasteiger partial charge in [0.15, 0.2) is 0 Å². The maximum atomic E-state index is 11.2. The van der Waals surface area contributed by atoms with E-state index in [0.717, 1.165) is 110 Å². The Balaban J connectivity index is -0.000000563. The lowest BCUT2D eigenvalue weighted by molar-refractivity contribution is -0.139. The molecule has 2 fully saturated rings. The Bertz CT molecular complexity index is 739. The van der Waals surface area contributed by atoms with E-state index in [1.165, 1.54) is 14.2 Å². The number of methoxy groups -OCH3 is 2. The van der Waals surface area contributed by atoms with Crippen LogP contribution in [0.25, 0.3) is 0 Å². The van der Waals surface area contributed by atoms with E-state index in [1.54, 1.807) is 0 Å². The number of aliphatic carboxylic acids is 1. The smallest absolute Gasteiger partial charge is 0.331 e. The molecule has 2 N–H and O–H groups in total. The summed E-state index contributed by atoms with van der Waals surface area (Å²) in [7, 11) is 2.43. The third-order valence-electron chi connectivity index (χ3n) is 5.32. The van der Waals surface area contributed by atoms with Crippen LogP contribution in [0.5, 0.6) is 0 Å². The zero-order valence-electron chi connectivity index (χ0n) is 23.5. The van der Waals surface area contributed by atoms with Crippen LogP contribution in [0.4, 0.5) is 0 Å². The van der Waals surface area contributed by atoms with Gasteiger partial charge in [0.25, 0.3) is 0 Å². The van der Waals surface area contributed by atoms with E-state index in [9.17, 15) is 19.2 Å². The fraction of sp³-hybridized carbons (Fsp3) is 0.704. The lowest BCUT2D eigenvalue weighted by Gasteiger charge is -2.26. The lowest BCUT2D eigenvalue weighted by atomic mass is 10.3. The second-order valence-electron chi connectivity index (χ2n) is 8.26. The molecule has 41 heavy (non-hydrogen) atoms. The van der Waals surface area contributed by atoms with Crippen LogP contribution in [0.3, 0.4) is 0 Å². The summed E-state index contributed by atoms with van der Waals surface area (Å²) in [6.45, 7) is 10.2. The van der Waals surface area contributed by atoms with Crippen molar-refractivity contribution in [3.63, 3.8) is 0 Å². The van der Waals surface area contributed by atoms with Crippen LogP contribution in [0, 0.1) is 0 Å². The van der Waals surface area contributed by atoms with Gasteiger partial charge in [0.2, 0.25) is 0 Å². The molecular weight excluding hydrogens is 655 g/mol. The molecule has 0 amide bonds. The molecule has 0 saturated carbocycles. The molecule has 2 aliphatic heterocycles. The SMILES string of the molecule is C.COC(=O)/C=C/C(=O)O.COC(=O)/C=C/C(=O)OCCCCN1CCOCC1.I.OCCCCN1CCOCC1. The van der Waals surface area contributed by atoms with Gasteiger partial charge in [0, 0.05) is 57.1 Å². The van der Waals surface area contributed by atoms with Crippen molar-refractivity contribution >= 4 is 47.9 Å². The number of unbranched alkanes of at least 4 members (excludes halogenated alkanes) is 2. The number of aliphatic hydroxyl groups excluding tert-OH is 1. The molecule has 0 spiro atoms. The molecule has 0 aliphatic carbocycles. The molecular formula is C27H49IN2O11. The van der Waals surface area contributed by atoms with Crippen LogP contribution in [0.1, 0.15) is 33.1 Å². The number of aliphatic hydroxyl groups is 1. The van der Waals surface area contributed by atoms with Gasteiger partial charge in [-0.3, -0.25) is 9.80 Å². The number of ether oxygens (including phenoxy) is 5. The predicted octanol–water partition coefficient (Wildman–Crippen LogP) is 1.52. The van der Waals surface area contributed by atoms with Gasteiger partial charge in [-0.25, -0.2) is 19.2 Å². The summed E-state index contributed by atoms with van der Waals surface area (Å²) in [5.41, 5.74) is 0. The van der Waals surface area contributed by atoms with E-state index in [4.69, 9.17) is 24.4 Å². The Morgan fingerprint density at radius 1 is 0.707 bits per heavy atom. The molecule has 0 aromatic carbocycles. The minimum Gasteiger partial charge on any atom is -0.478 e. The molecule has 0 radical (unpaired) electrons. The molecule has 2 rings (SSSR count). The zero-order valence-corrected chi connectivity index (χ0v) is 25.8. The minimum atomic E-state index is -1.17. The average Bonchev–Trinajstić information content (AvgIpc) is 2.96. The molecule has 0 atom stereocenters. The Kier molecular flexibility index (Phi) is 32.6. The predicted molar refractivity (Wildman–Crippen MR) is 163 cm³/mol. The van der Waals surface area contributed by atoms with Crippen LogP contribution < -0.4 is 0 Å². The van der Waals surface area contributed by atoms with Crippen molar-refractivity contribution in [2.24, 2.45) is 0 Å². The molecule has 2 heterocycles. The number of carbonyl (C=O) groups excluding carboxylic acids is 3. The molecule has 0 bridgehead atoms. The maximum absolute atomic E-state index is 11.2.